The number of rotatable bonds is 5. The zero-order valence-corrected chi connectivity index (χ0v) is 12.9. The first-order valence-electron chi connectivity index (χ1n) is 7.12. The van der Waals surface area contributed by atoms with Gasteiger partial charge in [-0.2, -0.15) is 0 Å². The summed E-state index contributed by atoms with van der Waals surface area (Å²) in [7, 11) is 1.56. The number of hydrogen-bond donors (Lipinski definition) is 1. The van der Waals surface area contributed by atoms with Crippen LogP contribution in [0.2, 0.25) is 0 Å². The van der Waals surface area contributed by atoms with Gasteiger partial charge < -0.3 is 9.84 Å². The average Bonchev–Trinajstić information content (AvgIpc) is 2.47. The number of carbonyl (C=O) groups is 1. The van der Waals surface area contributed by atoms with E-state index >= 15 is 0 Å². The third-order valence-electron chi connectivity index (χ3n) is 3.46. The standard InChI is InChI=1S/C17H19NO4/c1-4-5-14(19)16-15(20)10-11(2)18(17(16)21)12-6-8-13(22-3)9-7-12/h6-10,20H,4-5H2,1-3H3. The van der Waals surface area contributed by atoms with Gasteiger partial charge in [0.2, 0.25) is 0 Å². The summed E-state index contributed by atoms with van der Waals surface area (Å²) in [6, 6.07) is 8.38. The number of carbonyl (C=O) groups excluding carboxylic acids is 1. The van der Waals surface area contributed by atoms with Crippen molar-refractivity contribution in [3.8, 4) is 17.2 Å². The van der Waals surface area contributed by atoms with Gasteiger partial charge in [0.1, 0.15) is 17.1 Å². The molecule has 0 aliphatic rings. The van der Waals surface area contributed by atoms with Gasteiger partial charge in [0.25, 0.3) is 5.56 Å². The first-order chi connectivity index (χ1) is 10.5. The highest BCUT2D eigenvalue weighted by Gasteiger charge is 2.19. The van der Waals surface area contributed by atoms with E-state index in [0.717, 1.165) is 0 Å². The maximum Gasteiger partial charge on any atom is 0.269 e. The van der Waals surface area contributed by atoms with Crippen LogP contribution in [0.15, 0.2) is 35.1 Å². The Kier molecular flexibility index (Phi) is 4.65. The van der Waals surface area contributed by atoms with Crippen LogP contribution in [-0.4, -0.2) is 22.6 Å². The molecule has 1 heterocycles. The minimum absolute atomic E-state index is 0.150. The van der Waals surface area contributed by atoms with Crippen LogP contribution in [0.5, 0.6) is 11.5 Å². The van der Waals surface area contributed by atoms with E-state index in [1.807, 2.05) is 6.92 Å². The summed E-state index contributed by atoms with van der Waals surface area (Å²) in [5, 5.41) is 9.97. The molecule has 1 N–H and O–H groups in total. The van der Waals surface area contributed by atoms with E-state index in [0.29, 0.717) is 23.6 Å². The molecule has 0 spiro atoms. The number of aromatic nitrogens is 1. The molecule has 0 saturated carbocycles. The lowest BCUT2D eigenvalue weighted by atomic mass is 10.1. The minimum Gasteiger partial charge on any atom is -0.507 e. The summed E-state index contributed by atoms with van der Waals surface area (Å²) >= 11 is 0. The zero-order valence-electron chi connectivity index (χ0n) is 12.9. The van der Waals surface area contributed by atoms with E-state index in [-0.39, 0.29) is 23.5 Å². The molecule has 116 valence electrons. The molecule has 22 heavy (non-hydrogen) atoms. The predicted octanol–water partition coefficient (Wildman–Crippen LogP) is 2.84. The lowest BCUT2D eigenvalue weighted by Gasteiger charge is -2.13. The first kappa shape index (κ1) is 15.8. The van der Waals surface area contributed by atoms with Crippen molar-refractivity contribution in [1.82, 2.24) is 4.57 Å². The number of pyridine rings is 1. The van der Waals surface area contributed by atoms with Crippen molar-refractivity contribution in [3.05, 3.63) is 51.9 Å². The Morgan fingerprint density at radius 3 is 2.45 bits per heavy atom. The van der Waals surface area contributed by atoms with Gasteiger partial charge in [-0.25, -0.2) is 0 Å². The molecule has 0 aliphatic carbocycles. The number of methoxy groups -OCH3 is 1. The van der Waals surface area contributed by atoms with Crippen LogP contribution in [0.4, 0.5) is 0 Å². The molecule has 1 aromatic carbocycles. The molecule has 1 aromatic heterocycles. The highest BCUT2D eigenvalue weighted by molar-refractivity contribution is 5.98. The van der Waals surface area contributed by atoms with Crippen molar-refractivity contribution in [3.63, 3.8) is 0 Å². The maximum atomic E-state index is 12.6. The van der Waals surface area contributed by atoms with Crippen LogP contribution in [0.3, 0.4) is 0 Å². The molecule has 0 bridgehead atoms. The highest BCUT2D eigenvalue weighted by atomic mass is 16.5. The molecule has 0 radical (unpaired) electrons. The molecule has 0 atom stereocenters. The summed E-state index contributed by atoms with van der Waals surface area (Å²) in [6.07, 6.45) is 0.850. The molecule has 2 rings (SSSR count). The van der Waals surface area contributed by atoms with E-state index in [9.17, 15) is 14.7 Å². The Hall–Kier alpha value is -2.56. The van der Waals surface area contributed by atoms with E-state index in [4.69, 9.17) is 4.74 Å². The number of nitrogens with zero attached hydrogens (tertiary/aromatic N) is 1. The van der Waals surface area contributed by atoms with Gasteiger partial charge in [-0.3, -0.25) is 14.2 Å². The summed E-state index contributed by atoms with van der Waals surface area (Å²) in [5.41, 5.74) is 0.527. The Morgan fingerprint density at radius 2 is 1.91 bits per heavy atom. The number of ketones is 1. The second-order valence-corrected chi connectivity index (χ2v) is 5.06. The fourth-order valence-electron chi connectivity index (χ4n) is 2.38. The highest BCUT2D eigenvalue weighted by Crippen LogP contribution is 2.21. The van der Waals surface area contributed by atoms with E-state index in [2.05, 4.69) is 0 Å². The fourth-order valence-corrected chi connectivity index (χ4v) is 2.38. The van der Waals surface area contributed by atoms with Crippen molar-refractivity contribution in [2.75, 3.05) is 7.11 Å². The Balaban J connectivity index is 2.63. The molecule has 0 amide bonds. The number of aromatic hydroxyl groups is 1. The molecule has 0 unspecified atom stereocenters. The van der Waals surface area contributed by atoms with Gasteiger partial charge >= 0.3 is 0 Å². The monoisotopic (exact) mass is 301 g/mol. The Morgan fingerprint density at radius 1 is 1.27 bits per heavy atom. The number of hydrogen-bond acceptors (Lipinski definition) is 4. The van der Waals surface area contributed by atoms with Crippen molar-refractivity contribution in [2.24, 2.45) is 0 Å². The van der Waals surface area contributed by atoms with Crippen LogP contribution < -0.4 is 10.3 Å². The second-order valence-electron chi connectivity index (χ2n) is 5.06. The normalized spacial score (nSPS) is 10.5. The quantitative estimate of drug-likeness (QED) is 0.862. The van der Waals surface area contributed by atoms with Crippen molar-refractivity contribution in [1.29, 1.82) is 0 Å². The third kappa shape index (κ3) is 2.88. The van der Waals surface area contributed by atoms with Gasteiger partial charge in [-0.1, -0.05) is 6.92 Å². The lowest BCUT2D eigenvalue weighted by Crippen LogP contribution is -2.26. The van der Waals surface area contributed by atoms with Gasteiger partial charge in [0.05, 0.1) is 7.11 Å². The van der Waals surface area contributed by atoms with E-state index in [1.165, 1.54) is 10.6 Å². The average molecular weight is 301 g/mol. The zero-order chi connectivity index (χ0) is 16.3. The Bertz CT molecular complexity index is 744. The van der Waals surface area contributed by atoms with Gasteiger partial charge in [-0.15, -0.1) is 0 Å². The van der Waals surface area contributed by atoms with Crippen molar-refractivity contribution >= 4 is 5.78 Å². The fraction of sp³-hybridized carbons (Fsp3) is 0.294. The number of benzene rings is 1. The summed E-state index contributed by atoms with van der Waals surface area (Å²) in [4.78, 5) is 24.7. The number of aryl methyl sites for hydroxylation is 1. The van der Waals surface area contributed by atoms with Crippen molar-refractivity contribution in [2.45, 2.75) is 26.7 Å². The summed E-state index contributed by atoms with van der Waals surface area (Å²) in [5.74, 6) is 0.0773. The topological polar surface area (TPSA) is 68.5 Å². The molecule has 0 fully saturated rings. The van der Waals surface area contributed by atoms with E-state index < -0.39 is 5.56 Å². The molecule has 2 aromatic rings. The van der Waals surface area contributed by atoms with Crippen LogP contribution >= 0.6 is 0 Å². The van der Waals surface area contributed by atoms with Crippen molar-refractivity contribution < 1.29 is 14.6 Å². The number of Topliss-reactive ketones (excluding diaryl/α,β-unsaturated/α-hetero) is 1. The molecular formula is C17H19NO4. The van der Waals surface area contributed by atoms with E-state index in [1.54, 1.807) is 38.3 Å². The molecule has 5 heteroatoms. The smallest absolute Gasteiger partial charge is 0.269 e. The van der Waals surface area contributed by atoms with Crippen LogP contribution in [-0.2, 0) is 0 Å². The SMILES string of the molecule is CCCC(=O)c1c(O)cc(C)n(-c2ccc(OC)cc2)c1=O. The van der Waals surface area contributed by atoms with Crippen LogP contribution in [0, 0.1) is 6.92 Å². The first-order valence-corrected chi connectivity index (χ1v) is 7.12. The van der Waals surface area contributed by atoms with Gasteiger partial charge in [0.15, 0.2) is 5.78 Å². The number of ether oxygens (including phenoxy) is 1. The maximum absolute atomic E-state index is 12.6. The lowest BCUT2D eigenvalue weighted by molar-refractivity contribution is 0.0977. The minimum atomic E-state index is -0.499. The molecule has 5 nitrogen and oxygen atoms in total. The predicted molar refractivity (Wildman–Crippen MR) is 84.2 cm³/mol. The van der Waals surface area contributed by atoms with Crippen LogP contribution in [0.1, 0.15) is 35.8 Å². The molecule has 0 saturated heterocycles. The largest absolute Gasteiger partial charge is 0.507 e. The summed E-state index contributed by atoms with van der Waals surface area (Å²) in [6.45, 7) is 3.56. The third-order valence-corrected chi connectivity index (χ3v) is 3.46. The second kappa shape index (κ2) is 6.47. The summed E-state index contributed by atoms with van der Waals surface area (Å²) < 4.78 is 6.52. The Labute approximate surface area is 128 Å². The van der Waals surface area contributed by atoms with Gasteiger partial charge in [-0.05, 0) is 37.6 Å². The van der Waals surface area contributed by atoms with Crippen LogP contribution in [0.25, 0.3) is 5.69 Å². The van der Waals surface area contributed by atoms with Gasteiger partial charge in [0, 0.05) is 23.9 Å². The molecular weight excluding hydrogens is 282 g/mol. The molecule has 0 aliphatic heterocycles.